The molecule has 9 heteroatoms. The van der Waals surface area contributed by atoms with Crippen molar-refractivity contribution in [1.29, 1.82) is 0 Å². The molecule has 122 valence electrons. The van der Waals surface area contributed by atoms with Crippen LogP contribution in [0, 0.1) is 0 Å². The number of aryl methyl sites for hydroxylation is 1. The van der Waals surface area contributed by atoms with Crippen LogP contribution in [0.4, 0.5) is 11.5 Å². The summed E-state index contributed by atoms with van der Waals surface area (Å²) in [7, 11) is 2.00. The van der Waals surface area contributed by atoms with Crippen LogP contribution in [-0.2, 0) is 13.6 Å². The highest BCUT2D eigenvalue weighted by Crippen LogP contribution is 2.22. The van der Waals surface area contributed by atoms with Gasteiger partial charge in [0.2, 0.25) is 6.33 Å². The van der Waals surface area contributed by atoms with Crippen molar-refractivity contribution < 1.29 is 17.0 Å². The molecule has 0 aliphatic rings. The van der Waals surface area contributed by atoms with Gasteiger partial charge in [-0.3, -0.25) is 0 Å². The van der Waals surface area contributed by atoms with Crippen LogP contribution in [0.25, 0.3) is 5.52 Å². The molecule has 0 saturated heterocycles. The minimum atomic E-state index is 0. The SMILES string of the molecule is C[n+]1ccn(CCNc2nn3ccccc3c2N)c1.Cl.Cl.[Cl-]. The Balaban J connectivity index is 0.00000147. The Labute approximate surface area is 147 Å². The van der Waals surface area contributed by atoms with Gasteiger partial charge in [-0.05, 0) is 12.1 Å². The molecule has 6 nitrogen and oxygen atoms in total. The van der Waals surface area contributed by atoms with Crippen molar-refractivity contribution >= 4 is 41.8 Å². The molecule has 3 N–H and O–H groups in total. The maximum absolute atomic E-state index is 6.07. The van der Waals surface area contributed by atoms with Crippen molar-refractivity contribution in [2.75, 3.05) is 17.6 Å². The van der Waals surface area contributed by atoms with Gasteiger partial charge in [0.05, 0.1) is 19.1 Å². The number of nitrogens with one attached hydrogen (secondary N) is 1. The van der Waals surface area contributed by atoms with Gasteiger partial charge in [0, 0.05) is 6.20 Å². The molecule has 0 saturated carbocycles. The minimum Gasteiger partial charge on any atom is -1.00 e. The first-order chi connectivity index (χ1) is 9.24. The molecule has 3 rings (SSSR count). The first-order valence-corrected chi connectivity index (χ1v) is 6.22. The van der Waals surface area contributed by atoms with E-state index in [0.717, 1.165) is 24.4 Å². The fourth-order valence-corrected chi connectivity index (χ4v) is 2.09. The minimum absolute atomic E-state index is 0. The number of halogens is 3. The fraction of sp³-hybridized carbons (Fsp3) is 0.231. The Morgan fingerprint density at radius 2 is 2.05 bits per heavy atom. The largest absolute Gasteiger partial charge is 1.00 e. The normalized spacial score (nSPS) is 9.50. The molecule has 0 aromatic carbocycles. The Kier molecular flexibility index (Phi) is 8.08. The van der Waals surface area contributed by atoms with Crippen molar-refractivity contribution in [1.82, 2.24) is 14.2 Å². The lowest BCUT2D eigenvalue weighted by atomic mass is 10.3. The standard InChI is InChI=1S/C13H17N6.3ClH/c1-17-8-9-18(10-17)7-5-15-13-12(14)11-4-2-3-6-19(11)16-13;;;/h2-4,6,8-10H,5,7,14H2,1H3,(H,15,16);3*1H/q+1;;;/p-1. The van der Waals surface area contributed by atoms with Gasteiger partial charge in [0.1, 0.15) is 24.6 Å². The molecule has 3 aromatic heterocycles. The predicted molar refractivity (Wildman–Crippen MR) is 88.2 cm³/mol. The molecule has 0 aliphatic heterocycles. The molecule has 0 amide bonds. The number of hydrogen-bond acceptors (Lipinski definition) is 3. The lowest BCUT2D eigenvalue weighted by Gasteiger charge is -2.01. The van der Waals surface area contributed by atoms with Gasteiger partial charge in [0.15, 0.2) is 5.82 Å². The van der Waals surface area contributed by atoms with Crippen molar-refractivity contribution in [2.45, 2.75) is 6.54 Å². The number of anilines is 2. The number of fused-ring (bicyclic) bond motifs is 1. The molecule has 0 fully saturated rings. The average Bonchev–Trinajstić information content (AvgIpc) is 2.96. The maximum Gasteiger partial charge on any atom is 0.243 e. The summed E-state index contributed by atoms with van der Waals surface area (Å²) in [5, 5.41) is 7.69. The van der Waals surface area contributed by atoms with E-state index in [0.29, 0.717) is 5.69 Å². The highest BCUT2D eigenvalue weighted by atomic mass is 35.5. The monoisotopic (exact) mass is 364 g/mol. The third-order valence-corrected chi connectivity index (χ3v) is 3.06. The van der Waals surface area contributed by atoms with E-state index in [1.165, 1.54) is 0 Å². The summed E-state index contributed by atoms with van der Waals surface area (Å²) in [6.07, 6.45) is 7.98. The first kappa shape index (κ1) is 20.4. The van der Waals surface area contributed by atoms with E-state index in [2.05, 4.69) is 15.0 Å². The predicted octanol–water partition coefficient (Wildman–Crippen LogP) is -1.50. The van der Waals surface area contributed by atoms with Crippen molar-refractivity contribution in [2.24, 2.45) is 7.05 Å². The van der Waals surface area contributed by atoms with Crippen LogP contribution in [0.2, 0.25) is 0 Å². The second-order valence-corrected chi connectivity index (χ2v) is 4.54. The van der Waals surface area contributed by atoms with Crippen molar-refractivity contribution in [3.05, 3.63) is 43.1 Å². The molecule has 0 atom stereocenters. The molecule has 0 spiro atoms. The second kappa shape index (κ2) is 8.73. The number of rotatable bonds is 4. The Morgan fingerprint density at radius 3 is 2.68 bits per heavy atom. The van der Waals surface area contributed by atoms with Gasteiger partial charge in [-0.15, -0.1) is 29.9 Å². The molecule has 0 bridgehead atoms. The molecule has 0 aliphatic carbocycles. The van der Waals surface area contributed by atoms with Gasteiger partial charge in [-0.25, -0.2) is 13.6 Å². The smallest absolute Gasteiger partial charge is 0.243 e. The third kappa shape index (κ3) is 4.19. The fourth-order valence-electron chi connectivity index (χ4n) is 2.09. The number of nitrogens with two attached hydrogens (primary N) is 1. The Bertz CT molecular complexity index is 709. The lowest BCUT2D eigenvalue weighted by Crippen LogP contribution is -3.00. The molecular formula is C13H19Cl3N6. The van der Waals surface area contributed by atoms with E-state index in [-0.39, 0.29) is 37.2 Å². The van der Waals surface area contributed by atoms with Crippen LogP contribution >= 0.6 is 24.8 Å². The van der Waals surface area contributed by atoms with E-state index in [9.17, 15) is 0 Å². The van der Waals surface area contributed by atoms with E-state index in [1.54, 1.807) is 4.52 Å². The molecule has 0 radical (unpaired) electrons. The van der Waals surface area contributed by atoms with E-state index in [4.69, 9.17) is 5.73 Å². The summed E-state index contributed by atoms with van der Waals surface area (Å²) in [6, 6.07) is 5.85. The summed E-state index contributed by atoms with van der Waals surface area (Å²) < 4.78 is 5.91. The second-order valence-electron chi connectivity index (χ2n) is 4.54. The number of hydrogen-bond donors (Lipinski definition) is 2. The third-order valence-electron chi connectivity index (χ3n) is 3.06. The van der Waals surface area contributed by atoms with E-state index >= 15 is 0 Å². The van der Waals surface area contributed by atoms with Gasteiger partial charge in [-0.1, -0.05) is 6.07 Å². The van der Waals surface area contributed by atoms with Crippen LogP contribution in [0.3, 0.4) is 0 Å². The molecular weight excluding hydrogens is 347 g/mol. The molecule has 0 unspecified atom stereocenters. The Hall–Kier alpha value is -1.63. The highest BCUT2D eigenvalue weighted by Gasteiger charge is 2.08. The maximum atomic E-state index is 6.07. The zero-order valence-electron chi connectivity index (χ0n) is 12.0. The van der Waals surface area contributed by atoms with E-state index < -0.39 is 0 Å². The summed E-state index contributed by atoms with van der Waals surface area (Å²) in [5.41, 5.74) is 7.69. The quantitative estimate of drug-likeness (QED) is 0.553. The zero-order valence-corrected chi connectivity index (χ0v) is 14.4. The number of pyridine rings is 1. The topological polar surface area (TPSA) is 64.2 Å². The number of nitrogen functional groups attached to an aromatic ring is 1. The zero-order chi connectivity index (χ0) is 13.2. The van der Waals surface area contributed by atoms with Crippen LogP contribution in [0.15, 0.2) is 43.1 Å². The van der Waals surface area contributed by atoms with E-state index in [1.807, 2.05) is 54.7 Å². The molecule has 3 aromatic rings. The molecule has 3 heterocycles. The number of imidazole rings is 1. The van der Waals surface area contributed by atoms with Crippen LogP contribution in [0.1, 0.15) is 0 Å². The number of aromatic nitrogens is 4. The van der Waals surface area contributed by atoms with Crippen molar-refractivity contribution in [3.63, 3.8) is 0 Å². The van der Waals surface area contributed by atoms with Crippen molar-refractivity contribution in [3.8, 4) is 0 Å². The van der Waals surface area contributed by atoms with Crippen LogP contribution in [-0.4, -0.2) is 20.7 Å². The first-order valence-electron chi connectivity index (χ1n) is 6.22. The van der Waals surface area contributed by atoms with Gasteiger partial charge >= 0.3 is 0 Å². The molecule has 22 heavy (non-hydrogen) atoms. The summed E-state index contributed by atoms with van der Waals surface area (Å²) in [6.45, 7) is 1.65. The summed E-state index contributed by atoms with van der Waals surface area (Å²) >= 11 is 0. The van der Waals surface area contributed by atoms with Gasteiger partial charge in [-0.2, -0.15) is 0 Å². The van der Waals surface area contributed by atoms with Gasteiger partial charge in [0.25, 0.3) is 0 Å². The Morgan fingerprint density at radius 1 is 1.27 bits per heavy atom. The van der Waals surface area contributed by atoms with Crippen LogP contribution < -0.4 is 28.0 Å². The highest BCUT2D eigenvalue weighted by molar-refractivity contribution is 5.85. The average molecular weight is 366 g/mol. The van der Waals surface area contributed by atoms with Gasteiger partial charge < -0.3 is 23.5 Å². The van der Waals surface area contributed by atoms with Crippen LogP contribution in [0.5, 0.6) is 0 Å². The lowest BCUT2D eigenvalue weighted by molar-refractivity contribution is -0.671. The summed E-state index contributed by atoms with van der Waals surface area (Å²) in [4.78, 5) is 0. The number of nitrogens with zero attached hydrogens (tertiary/aromatic N) is 4. The summed E-state index contributed by atoms with van der Waals surface area (Å²) in [5.74, 6) is 0.739.